The highest BCUT2D eigenvalue weighted by Gasteiger charge is 2.16. The lowest BCUT2D eigenvalue weighted by molar-refractivity contribution is 0.296. The summed E-state index contributed by atoms with van der Waals surface area (Å²) >= 11 is 3.79. The maximum Gasteiger partial charge on any atom is 0.126 e. The molecule has 0 heterocycles. The normalized spacial score (nSPS) is 11.6. The van der Waals surface area contributed by atoms with Gasteiger partial charge in [0.25, 0.3) is 0 Å². The Morgan fingerprint density at radius 2 is 1.39 bits per heavy atom. The van der Waals surface area contributed by atoms with E-state index in [1.54, 1.807) is 0 Å². The second kappa shape index (κ2) is 10.3. The number of aliphatic imine (C=N–C) groups is 1. The molecule has 0 unspecified atom stereocenters. The van der Waals surface area contributed by atoms with Gasteiger partial charge < -0.3 is 4.74 Å². The molecule has 162 valence electrons. The molecular formula is C28H32BrNO. The van der Waals surface area contributed by atoms with Gasteiger partial charge in [-0.25, -0.2) is 0 Å². The zero-order valence-corrected chi connectivity index (χ0v) is 21.0. The van der Waals surface area contributed by atoms with E-state index in [2.05, 4.69) is 112 Å². The summed E-state index contributed by atoms with van der Waals surface area (Å²) in [5.41, 5.74) is 8.06. The van der Waals surface area contributed by atoms with Crippen molar-refractivity contribution < 1.29 is 4.74 Å². The summed E-state index contributed by atoms with van der Waals surface area (Å²) in [6, 6.07) is 19.0. The van der Waals surface area contributed by atoms with Crippen LogP contribution in [-0.2, 0) is 6.61 Å². The number of aryl methyl sites for hydroxylation is 2. The number of halogens is 1. The predicted molar refractivity (Wildman–Crippen MR) is 136 cm³/mol. The van der Waals surface area contributed by atoms with Crippen LogP contribution in [0.25, 0.3) is 0 Å². The minimum absolute atomic E-state index is 0.410. The van der Waals surface area contributed by atoms with Crippen molar-refractivity contribution in [3.63, 3.8) is 0 Å². The number of hydrogen-bond donors (Lipinski definition) is 0. The SMILES string of the molecule is Cc1cccc(C)c1N=Cc1cccc(COc2c(C(C)C)cccc2C(C)C)c1Br. The third kappa shape index (κ3) is 5.46. The van der Waals surface area contributed by atoms with Crippen LogP contribution in [0.15, 0.2) is 64.1 Å². The van der Waals surface area contributed by atoms with E-state index < -0.39 is 0 Å². The summed E-state index contributed by atoms with van der Waals surface area (Å²) < 4.78 is 7.47. The van der Waals surface area contributed by atoms with Crippen LogP contribution >= 0.6 is 15.9 Å². The van der Waals surface area contributed by atoms with E-state index in [0.29, 0.717) is 18.4 Å². The summed E-state index contributed by atoms with van der Waals surface area (Å²) in [6.07, 6.45) is 1.94. The first-order valence-corrected chi connectivity index (χ1v) is 11.7. The number of ether oxygens (including phenoxy) is 1. The first kappa shape index (κ1) is 23.3. The monoisotopic (exact) mass is 477 g/mol. The van der Waals surface area contributed by atoms with Crippen LogP contribution in [0.4, 0.5) is 5.69 Å². The summed E-state index contributed by atoms with van der Waals surface area (Å²) in [7, 11) is 0. The Bertz CT molecular complexity index is 1040. The van der Waals surface area contributed by atoms with Crippen molar-refractivity contribution >= 4 is 27.8 Å². The zero-order valence-electron chi connectivity index (χ0n) is 19.4. The average molecular weight is 478 g/mol. The molecule has 0 atom stereocenters. The fourth-order valence-corrected chi connectivity index (χ4v) is 4.23. The van der Waals surface area contributed by atoms with Gasteiger partial charge in [-0.3, -0.25) is 4.99 Å². The molecule has 0 fully saturated rings. The zero-order chi connectivity index (χ0) is 22.5. The molecule has 0 saturated heterocycles. The van der Waals surface area contributed by atoms with Gasteiger partial charge in [0.05, 0.1) is 5.69 Å². The molecule has 3 heteroatoms. The van der Waals surface area contributed by atoms with Crippen LogP contribution in [-0.4, -0.2) is 6.21 Å². The lowest BCUT2D eigenvalue weighted by Gasteiger charge is -2.20. The highest BCUT2D eigenvalue weighted by Crippen LogP contribution is 2.35. The minimum Gasteiger partial charge on any atom is -0.488 e. The maximum atomic E-state index is 6.44. The molecule has 0 saturated carbocycles. The van der Waals surface area contributed by atoms with E-state index in [1.165, 1.54) is 22.3 Å². The fourth-order valence-electron chi connectivity index (χ4n) is 3.75. The second-order valence-electron chi connectivity index (χ2n) is 8.68. The topological polar surface area (TPSA) is 21.6 Å². The van der Waals surface area contributed by atoms with Gasteiger partial charge in [0, 0.05) is 21.8 Å². The second-order valence-corrected chi connectivity index (χ2v) is 9.48. The van der Waals surface area contributed by atoms with Gasteiger partial charge in [0.15, 0.2) is 0 Å². The average Bonchev–Trinajstić information content (AvgIpc) is 2.73. The molecule has 0 spiro atoms. The summed E-state index contributed by atoms with van der Waals surface area (Å²) in [6.45, 7) is 13.6. The van der Waals surface area contributed by atoms with Crippen LogP contribution in [0, 0.1) is 13.8 Å². The van der Waals surface area contributed by atoms with Gasteiger partial charge in [-0.1, -0.05) is 82.3 Å². The van der Waals surface area contributed by atoms with Gasteiger partial charge >= 0.3 is 0 Å². The summed E-state index contributed by atoms with van der Waals surface area (Å²) in [4.78, 5) is 4.77. The molecule has 31 heavy (non-hydrogen) atoms. The molecule has 0 aromatic heterocycles. The molecule has 0 amide bonds. The molecule has 0 aliphatic rings. The Kier molecular flexibility index (Phi) is 7.72. The van der Waals surface area contributed by atoms with Gasteiger partial charge in [-0.05, 0) is 63.9 Å². The molecule has 0 radical (unpaired) electrons. The highest BCUT2D eigenvalue weighted by molar-refractivity contribution is 9.10. The van der Waals surface area contributed by atoms with E-state index in [0.717, 1.165) is 27.0 Å². The Labute approximate surface area is 195 Å². The summed E-state index contributed by atoms with van der Waals surface area (Å²) in [5.74, 6) is 1.84. The molecular weight excluding hydrogens is 446 g/mol. The molecule has 0 aliphatic heterocycles. The number of hydrogen-bond acceptors (Lipinski definition) is 2. The van der Waals surface area contributed by atoms with Crippen molar-refractivity contribution in [1.82, 2.24) is 0 Å². The molecule has 0 bridgehead atoms. The third-order valence-corrected chi connectivity index (χ3v) is 6.54. The number of nitrogens with zero attached hydrogens (tertiary/aromatic N) is 1. The Balaban J connectivity index is 1.88. The standard InChI is InChI=1S/C28H32BrNO/c1-18(2)24-14-9-15-25(19(3)4)28(24)31-17-23-13-8-12-22(26(23)29)16-30-27-20(5)10-7-11-21(27)6/h7-16,18-19H,17H2,1-6H3. The lowest BCUT2D eigenvalue weighted by Crippen LogP contribution is -2.05. The van der Waals surface area contributed by atoms with Crippen LogP contribution in [0.3, 0.4) is 0 Å². The van der Waals surface area contributed by atoms with Crippen molar-refractivity contribution in [1.29, 1.82) is 0 Å². The van der Waals surface area contributed by atoms with Gasteiger partial charge in [0.1, 0.15) is 12.4 Å². The summed E-state index contributed by atoms with van der Waals surface area (Å²) in [5, 5.41) is 0. The van der Waals surface area contributed by atoms with Crippen LogP contribution in [0.1, 0.15) is 72.9 Å². The number of rotatable bonds is 7. The molecule has 3 aromatic carbocycles. The molecule has 3 aromatic rings. The Hall–Kier alpha value is -2.39. The molecule has 0 N–H and O–H groups in total. The molecule has 0 aliphatic carbocycles. The number of benzene rings is 3. The first-order valence-electron chi connectivity index (χ1n) is 10.9. The van der Waals surface area contributed by atoms with Crippen molar-refractivity contribution in [3.05, 3.63) is 92.5 Å². The molecule has 2 nitrogen and oxygen atoms in total. The van der Waals surface area contributed by atoms with E-state index >= 15 is 0 Å². The lowest BCUT2D eigenvalue weighted by atomic mass is 9.94. The largest absolute Gasteiger partial charge is 0.488 e. The van der Waals surface area contributed by atoms with E-state index in [-0.39, 0.29) is 0 Å². The number of para-hydroxylation sites is 2. The van der Waals surface area contributed by atoms with Crippen molar-refractivity contribution in [2.75, 3.05) is 0 Å². The fraction of sp³-hybridized carbons (Fsp3) is 0.321. The Morgan fingerprint density at radius 1 is 0.839 bits per heavy atom. The van der Waals surface area contributed by atoms with Crippen LogP contribution in [0.2, 0.25) is 0 Å². The van der Waals surface area contributed by atoms with Crippen LogP contribution in [0.5, 0.6) is 5.75 Å². The van der Waals surface area contributed by atoms with E-state index in [4.69, 9.17) is 9.73 Å². The van der Waals surface area contributed by atoms with Crippen LogP contribution < -0.4 is 4.74 Å². The predicted octanol–water partition coefficient (Wildman–Crippen LogP) is 8.64. The Morgan fingerprint density at radius 3 is 1.97 bits per heavy atom. The highest BCUT2D eigenvalue weighted by atomic mass is 79.9. The maximum absolute atomic E-state index is 6.44. The van der Waals surface area contributed by atoms with Crippen molar-refractivity contribution in [2.45, 2.75) is 60.0 Å². The smallest absolute Gasteiger partial charge is 0.126 e. The molecule has 3 rings (SSSR count). The quantitative estimate of drug-likeness (QED) is 0.312. The first-order chi connectivity index (χ1) is 14.8. The van der Waals surface area contributed by atoms with Crippen molar-refractivity contribution in [3.8, 4) is 5.75 Å². The third-order valence-electron chi connectivity index (χ3n) is 5.57. The van der Waals surface area contributed by atoms with Gasteiger partial charge in [0.2, 0.25) is 0 Å². The van der Waals surface area contributed by atoms with E-state index in [9.17, 15) is 0 Å². The minimum atomic E-state index is 0.410. The van der Waals surface area contributed by atoms with Gasteiger partial charge in [-0.15, -0.1) is 0 Å². The van der Waals surface area contributed by atoms with E-state index in [1.807, 2.05) is 6.21 Å². The van der Waals surface area contributed by atoms with Gasteiger partial charge in [-0.2, -0.15) is 0 Å². The van der Waals surface area contributed by atoms with Crippen molar-refractivity contribution in [2.24, 2.45) is 4.99 Å².